The van der Waals surface area contributed by atoms with Crippen molar-refractivity contribution in [1.29, 1.82) is 5.41 Å². The Bertz CT molecular complexity index is 1230. The Balaban J connectivity index is 1.39. The highest BCUT2D eigenvalue weighted by molar-refractivity contribution is 6.51. The highest BCUT2D eigenvalue weighted by Crippen LogP contribution is 2.54. The fourth-order valence-electron chi connectivity index (χ4n) is 4.52. The van der Waals surface area contributed by atoms with Crippen molar-refractivity contribution in [3.8, 4) is 5.75 Å². The van der Waals surface area contributed by atoms with Gasteiger partial charge in [0.15, 0.2) is 11.6 Å². The van der Waals surface area contributed by atoms with Crippen molar-refractivity contribution in [2.75, 3.05) is 18.4 Å². The molecule has 10 nitrogen and oxygen atoms in total. The van der Waals surface area contributed by atoms with E-state index in [0.717, 1.165) is 0 Å². The Kier molecular flexibility index (Phi) is 8.52. The van der Waals surface area contributed by atoms with E-state index in [4.69, 9.17) is 33.3 Å². The largest absolute Gasteiger partial charge is 0.486 e. The third-order valence-electron chi connectivity index (χ3n) is 6.75. The van der Waals surface area contributed by atoms with Crippen molar-refractivity contribution in [3.05, 3.63) is 48.0 Å². The first-order valence-electron chi connectivity index (χ1n) is 12.4. The lowest BCUT2D eigenvalue weighted by Gasteiger charge is -2.26. The van der Waals surface area contributed by atoms with E-state index in [9.17, 15) is 14.4 Å². The van der Waals surface area contributed by atoms with Gasteiger partial charge in [-0.15, -0.1) is 23.2 Å². The lowest BCUT2D eigenvalue weighted by Crippen LogP contribution is -2.50. The fraction of sp³-hybridized carbons (Fsp3) is 0.462. The molecule has 3 atom stereocenters. The van der Waals surface area contributed by atoms with Gasteiger partial charge in [-0.05, 0) is 50.5 Å². The molecule has 4 rings (SSSR count). The molecule has 38 heavy (non-hydrogen) atoms. The Morgan fingerprint density at radius 1 is 1.26 bits per heavy atom. The standard InChI is InChI=1S/C26H30Cl2N6O4/c1-15(19-12-26(19,27)28)33-25(37)21-5-3-10-34(21)23(36)13-32-20-7-6-17(11-18(20)24(29)16(2)35)38-14-22-30-8-4-9-31-22/h4,6-9,11,15,19,21,29,32H,3,5,10,12-14H2,1-2H3,(H,33,37). The summed E-state index contributed by atoms with van der Waals surface area (Å²) >= 11 is 12.3. The number of halogens is 2. The van der Waals surface area contributed by atoms with Crippen molar-refractivity contribution in [2.24, 2.45) is 5.92 Å². The zero-order valence-electron chi connectivity index (χ0n) is 21.2. The molecule has 2 amide bonds. The molecule has 1 aliphatic carbocycles. The SMILES string of the molecule is CC(=O)C(=N)c1cc(OCc2ncccn2)ccc1NCC(=O)N1CCCC1C(=O)NC(C)C1CC1(Cl)Cl. The second-order valence-electron chi connectivity index (χ2n) is 9.56. The molecule has 3 N–H and O–H groups in total. The van der Waals surface area contributed by atoms with Crippen LogP contribution in [0, 0.1) is 11.3 Å². The van der Waals surface area contributed by atoms with Crippen molar-refractivity contribution in [2.45, 2.75) is 56.1 Å². The molecule has 1 aliphatic heterocycles. The van der Waals surface area contributed by atoms with Crippen molar-refractivity contribution in [1.82, 2.24) is 20.2 Å². The number of nitrogens with zero attached hydrogens (tertiary/aromatic N) is 3. The quantitative estimate of drug-likeness (QED) is 0.283. The molecule has 0 radical (unpaired) electrons. The van der Waals surface area contributed by atoms with E-state index >= 15 is 0 Å². The number of rotatable bonds is 11. The Labute approximate surface area is 231 Å². The number of hydrogen-bond donors (Lipinski definition) is 3. The lowest BCUT2D eigenvalue weighted by molar-refractivity contribution is -0.137. The molecule has 12 heteroatoms. The molecule has 1 aromatic heterocycles. The van der Waals surface area contributed by atoms with Crippen LogP contribution in [0.1, 0.15) is 44.5 Å². The highest BCUT2D eigenvalue weighted by Gasteiger charge is 2.55. The first-order chi connectivity index (χ1) is 18.1. The van der Waals surface area contributed by atoms with Gasteiger partial charge in [0.25, 0.3) is 0 Å². The highest BCUT2D eigenvalue weighted by atomic mass is 35.5. The van der Waals surface area contributed by atoms with Gasteiger partial charge in [0.2, 0.25) is 11.8 Å². The third-order valence-corrected chi connectivity index (χ3v) is 7.62. The molecule has 2 heterocycles. The van der Waals surface area contributed by atoms with Gasteiger partial charge in [0, 0.05) is 49.1 Å². The van der Waals surface area contributed by atoms with Gasteiger partial charge in [-0.3, -0.25) is 19.8 Å². The van der Waals surface area contributed by atoms with Gasteiger partial charge >= 0.3 is 0 Å². The number of hydrogen-bond acceptors (Lipinski definition) is 8. The van der Waals surface area contributed by atoms with E-state index in [1.54, 1.807) is 41.6 Å². The summed E-state index contributed by atoms with van der Waals surface area (Å²) in [7, 11) is 0. The molecule has 2 fully saturated rings. The van der Waals surface area contributed by atoms with Gasteiger partial charge in [-0.2, -0.15) is 0 Å². The summed E-state index contributed by atoms with van der Waals surface area (Å²) in [4.78, 5) is 47.8. The molecule has 1 saturated heterocycles. The van der Waals surface area contributed by atoms with Gasteiger partial charge < -0.3 is 20.3 Å². The van der Waals surface area contributed by atoms with E-state index in [-0.39, 0.29) is 42.6 Å². The fourth-order valence-corrected chi connectivity index (χ4v) is 5.23. The van der Waals surface area contributed by atoms with Crippen LogP contribution in [0.4, 0.5) is 5.69 Å². The maximum atomic E-state index is 13.1. The molecule has 3 unspecified atom stereocenters. The second-order valence-corrected chi connectivity index (χ2v) is 11.1. The molecule has 1 saturated carbocycles. The van der Waals surface area contributed by atoms with Gasteiger partial charge in [0.1, 0.15) is 28.4 Å². The molecular weight excluding hydrogens is 531 g/mol. The average molecular weight is 561 g/mol. The van der Waals surface area contributed by atoms with Crippen LogP contribution in [0.15, 0.2) is 36.7 Å². The van der Waals surface area contributed by atoms with Crippen molar-refractivity contribution in [3.63, 3.8) is 0 Å². The van der Waals surface area contributed by atoms with Gasteiger partial charge in [-0.25, -0.2) is 9.97 Å². The number of alkyl halides is 2. The normalized spacial score (nSPS) is 20.4. The predicted octanol–water partition coefficient (Wildman–Crippen LogP) is 3.11. The Morgan fingerprint density at radius 3 is 2.63 bits per heavy atom. The number of ether oxygens (including phenoxy) is 1. The van der Waals surface area contributed by atoms with E-state index in [2.05, 4.69) is 20.6 Å². The van der Waals surface area contributed by atoms with Crippen LogP contribution in [0.3, 0.4) is 0 Å². The summed E-state index contributed by atoms with van der Waals surface area (Å²) in [6, 6.07) is 5.83. The molecule has 2 aliphatic rings. The van der Waals surface area contributed by atoms with Crippen LogP contribution < -0.4 is 15.4 Å². The van der Waals surface area contributed by atoms with E-state index < -0.39 is 16.2 Å². The average Bonchev–Trinajstić information content (AvgIpc) is 3.29. The van der Waals surface area contributed by atoms with Crippen LogP contribution in [-0.2, 0) is 21.0 Å². The first-order valence-corrected chi connectivity index (χ1v) is 13.2. The summed E-state index contributed by atoms with van der Waals surface area (Å²) < 4.78 is 4.93. The van der Waals surface area contributed by atoms with Crippen molar-refractivity contribution >= 4 is 52.2 Å². The monoisotopic (exact) mass is 560 g/mol. The van der Waals surface area contributed by atoms with Crippen LogP contribution in [0.2, 0.25) is 0 Å². The molecule has 0 bridgehead atoms. The first kappa shape index (κ1) is 27.8. The van der Waals surface area contributed by atoms with E-state index in [0.29, 0.717) is 48.6 Å². The third kappa shape index (κ3) is 6.60. The van der Waals surface area contributed by atoms with Crippen LogP contribution in [-0.4, -0.2) is 67.7 Å². The van der Waals surface area contributed by atoms with Crippen LogP contribution >= 0.6 is 23.2 Å². The lowest BCUT2D eigenvalue weighted by atomic mass is 10.0. The summed E-state index contributed by atoms with van der Waals surface area (Å²) in [5.41, 5.74) is 0.518. The second kappa shape index (κ2) is 11.7. The number of carbonyl (C=O) groups excluding carboxylic acids is 3. The topological polar surface area (TPSA) is 137 Å². The minimum atomic E-state index is -0.803. The number of amides is 2. The van der Waals surface area contributed by atoms with Crippen LogP contribution in [0.5, 0.6) is 5.75 Å². The number of aromatic nitrogens is 2. The van der Waals surface area contributed by atoms with Crippen LogP contribution in [0.25, 0.3) is 0 Å². The number of ketones is 1. The Morgan fingerprint density at radius 2 is 1.97 bits per heavy atom. The van der Waals surface area contributed by atoms with Gasteiger partial charge in [0.05, 0.1) is 6.54 Å². The summed E-state index contributed by atoms with van der Waals surface area (Å²) in [6.07, 6.45) is 5.13. The Hall–Kier alpha value is -3.24. The number of Topliss-reactive ketones (excluding diaryl/α,β-unsaturated/α-hetero) is 1. The summed E-state index contributed by atoms with van der Waals surface area (Å²) in [6.45, 7) is 3.65. The number of carbonyl (C=O) groups is 3. The zero-order chi connectivity index (χ0) is 27.4. The van der Waals surface area contributed by atoms with E-state index in [1.807, 2.05) is 6.92 Å². The van der Waals surface area contributed by atoms with Crippen molar-refractivity contribution < 1.29 is 19.1 Å². The number of likely N-dealkylation sites (tertiary alicyclic amines) is 1. The number of nitrogens with one attached hydrogen (secondary N) is 3. The summed E-state index contributed by atoms with van der Waals surface area (Å²) in [5.74, 6) is -0.000754. The minimum absolute atomic E-state index is 0.0100. The predicted molar refractivity (Wildman–Crippen MR) is 144 cm³/mol. The minimum Gasteiger partial charge on any atom is -0.486 e. The molecule has 1 aromatic carbocycles. The van der Waals surface area contributed by atoms with Gasteiger partial charge in [-0.1, -0.05) is 0 Å². The van der Waals surface area contributed by atoms with E-state index in [1.165, 1.54) is 6.92 Å². The molecule has 2 aromatic rings. The summed E-state index contributed by atoms with van der Waals surface area (Å²) in [5, 5.41) is 14.2. The molecule has 202 valence electrons. The molecular formula is C26H30Cl2N6O4. The maximum Gasteiger partial charge on any atom is 0.243 e. The number of anilines is 1. The number of benzene rings is 1. The molecule has 0 spiro atoms. The maximum absolute atomic E-state index is 13.1. The zero-order valence-corrected chi connectivity index (χ0v) is 22.7. The smallest absolute Gasteiger partial charge is 0.243 e.